The second-order valence-corrected chi connectivity index (χ2v) is 11.7. The highest BCUT2D eigenvalue weighted by Crippen LogP contribution is 2.44. The number of carbonyl (C=O) groups is 3. The van der Waals surface area contributed by atoms with Crippen LogP contribution in [0.3, 0.4) is 0 Å². The minimum atomic E-state index is -1.68. The zero-order chi connectivity index (χ0) is 28.5. The molecular formula is C23H25I3N4O8. The van der Waals surface area contributed by atoms with Gasteiger partial charge in [0.25, 0.3) is 5.91 Å². The van der Waals surface area contributed by atoms with E-state index in [9.17, 15) is 34.8 Å². The molecule has 5 unspecified atom stereocenters. The van der Waals surface area contributed by atoms with Crippen LogP contribution >= 0.6 is 67.8 Å². The number of hydrogen-bond acceptors (Lipinski definition) is 9. The first kappa shape index (κ1) is 31.2. The third-order valence-electron chi connectivity index (χ3n) is 5.70. The minimum Gasteiger partial charge on any atom is -0.398 e. The van der Waals surface area contributed by atoms with Crippen molar-refractivity contribution in [2.45, 2.75) is 44.5 Å². The molecule has 0 aliphatic carbocycles. The van der Waals surface area contributed by atoms with Crippen molar-refractivity contribution in [2.75, 3.05) is 23.0 Å². The van der Waals surface area contributed by atoms with Gasteiger partial charge in [-0.05, 0) is 85.5 Å². The summed E-state index contributed by atoms with van der Waals surface area (Å²) < 4.78 is 7.10. The van der Waals surface area contributed by atoms with Crippen molar-refractivity contribution < 1.29 is 39.5 Å². The van der Waals surface area contributed by atoms with Crippen molar-refractivity contribution >= 4 is 103 Å². The fourth-order valence-electron chi connectivity index (χ4n) is 3.90. The van der Waals surface area contributed by atoms with Crippen molar-refractivity contribution in [3.8, 4) is 11.1 Å². The maximum absolute atomic E-state index is 13.0. The van der Waals surface area contributed by atoms with Gasteiger partial charge in [0.2, 0.25) is 11.8 Å². The zero-order valence-corrected chi connectivity index (χ0v) is 26.4. The van der Waals surface area contributed by atoms with Crippen molar-refractivity contribution in [2.24, 2.45) is 0 Å². The van der Waals surface area contributed by atoms with Gasteiger partial charge >= 0.3 is 0 Å². The molecule has 2 aromatic rings. The van der Waals surface area contributed by atoms with Crippen LogP contribution in [0.2, 0.25) is 0 Å². The van der Waals surface area contributed by atoms with Gasteiger partial charge in [0, 0.05) is 32.2 Å². The lowest BCUT2D eigenvalue weighted by Crippen LogP contribution is -2.64. The Morgan fingerprint density at radius 2 is 1.50 bits per heavy atom. The molecule has 1 aliphatic heterocycles. The number of carbonyl (C=O) groups excluding carboxylic acids is 3. The van der Waals surface area contributed by atoms with Gasteiger partial charge in [-0.25, -0.2) is 0 Å². The molecule has 2 aromatic carbocycles. The lowest BCUT2D eigenvalue weighted by atomic mass is 9.96. The van der Waals surface area contributed by atoms with Crippen molar-refractivity contribution in [1.82, 2.24) is 5.32 Å². The Bertz CT molecular complexity index is 1230. The van der Waals surface area contributed by atoms with E-state index < -0.39 is 43.2 Å². The molecule has 1 saturated heterocycles. The second kappa shape index (κ2) is 12.9. The van der Waals surface area contributed by atoms with Gasteiger partial charge in [-0.15, -0.1) is 0 Å². The number of ether oxygens (including phenoxy) is 1. The Labute approximate surface area is 258 Å². The number of nitrogens with one attached hydrogen (secondary N) is 3. The van der Waals surface area contributed by atoms with Crippen LogP contribution in [0.25, 0.3) is 11.1 Å². The molecule has 12 nitrogen and oxygen atoms in total. The van der Waals surface area contributed by atoms with Gasteiger partial charge in [0.15, 0.2) is 6.29 Å². The second-order valence-electron chi connectivity index (χ2n) is 8.46. The highest BCUT2D eigenvalue weighted by atomic mass is 123. The number of nitrogen functional groups attached to an aromatic ring is 1. The van der Waals surface area contributed by atoms with Gasteiger partial charge in [-0.1, -0.05) is 6.07 Å². The van der Waals surface area contributed by atoms with E-state index in [0.29, 0.717) is 33.2 Å². The van der Waals surface area contributed by atoms with E-state index in [0.717, 1.165) is 0 Å². The number of halogens is 3. The Balaban J connectivity index is 1.99. The number of nitrogens with two attached hydrogens (primary N) is 1. The summed E-state index contributed by atoms with van der Waals surface area (Å²) in [6.45, 7) is 2.12. The average molecular weight is 854 g/mol. The molecule has 1 heterocycles. The maximum atomic E-state index is 13.0. The number of anilines is 3. The first-order valence-corrected chi connectivity index (χ1v) is 14.3. The standard InChI is InChI=1S/C23H25I3N4O8/c1-7(32)28-17-14(24)13(15(25)18(16(17)26)29-8(2)33)9-3-4-10(11(27)5-9)22(36)30-19-21(35)20(34)12(6-31)38-23(19)37/h3-5,12,19-21,23,31,34-35,37H,6,27H2,1-2H3,(H,28,32)(H,29,33)(H,30,36)/i24-4,25-4,26-4. The molecule has 0 saturated carbocycles. The van der Waals surface area contributed by atoms with Gasteiger partial charge in [-0.3, -0.25) is 14.4 Å². The minimum absolute atomic E-state index is 0.0339. The molecule has 5 atom stereocenters. The van der Waals surface area contributed by atoms with E-state index in [1.54, 1.807) is 12.1 Å². The predicted molar refractivity (Wildman–Crippen MR) is 164 cm³/mol. The zero-order valence-electron chi connectivity index (χ0n) is 20.0. The summed E-state index contributed by atoms with van der Waals surface area (Å²) in [6.07, 6.45) is -6.02. The molecule has 0 aromatic heterocycles. The number of rotatable bonds is 6. The predicted octanol–water partition coefficient (Wildman–Crippen LogP) is 1.20. The van der Waals surface area contributed by atoms with E-state index in [1.165, 1.54) is 19.9 Å². The quantitative estimate of drug-likeness (QED) is 0.155. The van der Waals surface area contributed by atoms with Crippen LogP contribution in [0.15, 0.2) is 18.2 Å². The Hall–Kier alpha value is -1.36. The molecule has 206 valence electrons. The molecule has 1 fully saturated rings. The Morgan fingerprint density at radius 1 is 0.947 bits per heavy atom. The maximum Gasteiger partial charge on any atom is 0.253 e. The van der Waals surface area contributed by atoms with Gasteiger partial charge < -0.3 is 46.8 Å². The summed E-state index contributed by atoms with van der Waals surface area (Å²) >= 11 is 6.24. The number of aliphatic hydroxyl groups is 4. The van der Waals surface area contributed by atoms with Crippen molar-refractivity contribution in [3.63, 3.8) is 0 Å². The molecule has 3 rings (SSSR count). The number of benzene rings is 2. The third-order valence-corrected chi connectivity index (χ3v) is 8.94. The summed E-state index contributed by atoms with van der Waals surface area (Å²) in [6, 6.07) is 3.26. The van der Waals surface area contributed by atoms with E-state index in [1.807, 2.05) is 0 Å². The highest BCUT2D eigenvalue weighted by Gasteiger charge is 2.44. The molecule has 1 aliphatic rings. The van der Waals surface area contributed by atoms with Crippen LogP contribution in [-0.2, 0) is 14.3 Å². The molecule has 0 radical (unpaired) electrons. The molecular weight excluding hydrogens is 829 g/mol. The van der Waals surface area contributed by atoms with Crippen LogP contribution in [0, 0.1) is 10.7 Å². The molecule has 15 heteroatoms. The fraction of sp³-hybridized carbons (Fsp3) is 0.348. The average Bonchev–Trinajstić information content (AvgIpc) is 2.84. The summed E-state index contributed by atoms with van der Waals surface area (Å²) in [5.41, 5.74) is 8.63. The van der Waals surface area contributed by atoms with E-state index in [-0.39, 0.29) is 23.1 Å². The fourth-order valence-corrected chi connectivity index (χ4v) is 8.22. The van der Waals surface area contributed by atoms with Gasteiger partial charge in [-0.2, -0.15) is 0 Å². The van der Waals surface area contributed by atoms with Crippen LogP contribution in [0.4, 0.5) is 17.1 Å². The van der Waals surface area contributed by atoms with Crippen LogP contribution in [0.1, 0.15) is 24.2 Å². The van der Waals surface area contributed by atoms with E-state index >= 15 is 0 Å². The normalized spacial score (nSPS) is 23.0. The number of amides is 3. The van der Waals surface area contributed by atoms with Crippen LogP contribution in [-0.4, -0.2) is 75.4 Å². The molecule has 38 heavy (non-hydrogen) atoms. The number of aliphatic hydroxyl groups excluding tert-OH is 4. The van der Waals surface area contributed by atoms with Crippen LogP contribution in [0.5, 0.6) is 0 Å². The monoisotopic (exact) mass is 854 g/mol. The lowest BCUT2D eigenvalue weighted by molar-refractivity contribution is -0.252. The van der Waals surface area contributed by atoms with E-state index in [4.69, 9.17) is 10.5 Å². The molecule has 9 N–H and O–H groups in total. The Kier molecular flexibility index (Phi) is 10.6. The smallest absolute Gasteiger partial charge is 0.253 e. The lowest BCUT2D eigenvalue weighted by Gasteiger charge is -2.40. The van der Waals surface area contributed by atoms with Crippen molar-refractivity contribution in [1.29, 1.82) is 0 Å². The highest BCUT2D eigenvalue weighted by molar-refractivity contribution is 14.1. The first-order chi connectivity index (χ1) is 17.8. The topological polar surface area (TPSA) is 203 Å². The van der Waals surface area contributed by atoms with Crippen molar-refractivity contribution in [3.05, 3.63) is 34.5 Å². The first-order valence-electron chi connectivity index (χ1n) is 11.0. The Morgan fingerprint density at radius 3 is 1.97 bits per heavy atom. The molecule has 0 bridgehead atoms. The number of hydrogen-bond donors (Lipinski definition) is 8. The van der Waals surface area contributed by atoms with E-state index in [2.05, 4.69) is 83.7 Å². The molecule has 3 amide bonds. The molecule has 0 spiro atoms. The van der Waals surface area contributed by atoms with Crippen LogP contribution < -0.4 is 21.7 Å². The summed E-state index contributed by atoms with van der Waals surface area (Å²) in [7, 11) is 0. The summed E-state index contributed by atoms with van der Waals surface area (Å²) in [4.78, 5) is 36.7. The SMILES string of the molecule is CC(=O)Nc1c([123I])c(NC(C)=O)c([123I])c(-c2ccc(C(=O)NC3C(O)OC(CO)C(O)C3O)c(N)c2)c1[123I]. The summed E-state index contributed by atoms with van der Waals surface area (Å²) in [5.74, 6) is -1.32. The largest absolute Gasteiger partial charge is 0.398 e. The van der Waals surface area contributed by atoms with Gasteiger partial charge in [0.1, 0.15) is 24.4 Å². The summed E-state index contributed by atoms with van der Waals surface area (Å²) in [5, 5.41) is 47.8. The third kappa shape index (κ3) is 6.50. The van der Waals surface area contributed by atoms with Gasteiger partial charge in [0.05, 0.1) is 27.1 Å².